The van der Waals surface area contributed by atoms with E-state index in [1.165, 1.54) is 13.2 Å². The predicted molar refractivity (Wildman–Crippen MR) is 72.4 cm³/mol. The van der Waals surface area contributed by atoms with Crippen molar-refractivity contribution in [2.75, 3.05) is 14.2 Å². The Morgan fingerprint density at radius 1 is 1.05 bits per heavy atom. The summed E-state index contributed by atoms with van der Waals surface area (Å²) in [6.07, 6.45) is 0. The zero-order valence-corrected chi connectivity index (χ0v) is 11.0. The molecule has 0 spiro atoms. The zero-order chi connectivity index (χ0) is 14.1. The summed E-state index contributed by atoms with van der Waals surface area (Å²) in [5.74, 6) is 0.854. The minimum Gasteiger partial charge on any atom is -0.494 e. The van der Waals surface area contributed by atoms with Crippen molar-refractivity contribution in [3.63, 3.8) is 0 Å². The molecule has 0 atom stereocenters. The Balaban J connectivity index is 2.09. The Morgan fingerprint density at radius 2 is 1.90 bits per heavy atom. The van der Waals surface area contributed by atoms with Gasteiger partial charge < -0.3 is 14.5 Å². The first-order chi connectivity index (χ1) is 9.71. The fourth-order valence-corrected chi connectivity index (χ4v) is 1.93. The summed E-state index contributed by atoms with van der Waals surface area (Å²) in [7, 11) is 2.97. The molecule has 0 radical (unpaired) electrons. The van der Waals surface area contributed by atoms with Gasteiger partial charge in [0.1, 0.15) is 5.82 Å². The first-order valence-corrected chi connectivity index (χ1v) is 5.96. The number of nitrogens with zero attached hydrogens (tertiary/aromatic N) is 2. The van der Waals surface area contributed by atoms with E-state index in [1.807, 2.05) is 6.07 Å². The smallest absolute Gasteiger partial charge is 0.215 e. The molecule has 102 valence electrons. The third kappa shape index (κ3) is 2.05. The van der Waals surface area contributed by atoms with Gasteiger partial charge in [-0.25, -0.2) is 9.37 Å². The number of methoxy groups -OCH3 is 2. The normalized spacial score (nSPS) is 10.8. The van der Waals surface area contributed by atoms with Gasteiger partial charge in [-0.05, 0) is 24.3 Å². The summed E-state index contributed by atoms with van der Waals surface area (Å²) in [6.45, 7) is 0. The Hall–Kier alpha value is -2.63. The number of pyridine rings is 1. The summed E-state index contributed by atoms with van der Waals surface area (Å²) in [5, 5.41) is 0. The van der Waals surface area contributed by atoms with Crippen LogP contribution in [0.25, 0.3) is 22.6 Å². The highest BCUT2D eigenvalue weighted by molar-refractivity contribution is 5.76. The van der Waals surface area contributed by atoms with Crippen LogP contribution in [0.4, 0.5) is 4.39 Å². The zero-order valence-electron chi connectivity index (χ0n) is 11.0. The highest BCUT2D eigenvalue weighted by Gasteiger charge is 2.10. The topological polar surface area (TPSA) is 60.0 Å². The molecule has 6 heteroatoms. The second-order valence-electron chi connectivity index (χ2n) is 4.16. The first-order valence-electron chi connectivity index (χ1n) is 5.96. The number of aromatic nitrogens is 3. The number of rotatable bonds is 3. The lowest BCUT2D eigenvalue weighted by molar-refractivity contribution is 0.387. The molecule has 0 fully saturated rings. The number of halogens is 1. The van der Waals surface area contributed by atoms with Crippen molar-refractivity contribution in [1.82, 2.24) is 15.0 Å². The van der Waals surface area contributed by atoms with Gasteiger partial charge in [-0.1, -0.05) is 0 Å². The van der Waals surface area contributed by atoms with Gasteiger partial charge in [-0.3, -0.25) is 0 Å². The minimum absolute atomic E-state index is 0.175. The monoisotopic (exact) mass is 273 g/mol. The van der Waals surface area contributed by atoms with E-state index in [2.05, 4.69) is 15.0 Å². The number of fused-ring (bicyclic) bond motifs is 1. The van der Waals surface area contributed by atoms with Crippen LogP contribution < -0.4 is 9.47 Å². The van der Waals surface area contributed by atoms with Gasteiger partial charge in [0.15, 0.2) is 17.2 Å². The molecule has 2 aromatic heterocycles. The molecular weight excluding hydrogens is 261 g/mol. The Labute approximate surface area is 114 Å². The lowest BCUT2D eigenvalue weighted by Crippen LogP contribution is -1.89. The second kappa shape index (κ2) is 4.80. The number of benzene rings is 1. The van der Waals surface area contributed by atoms with Crippen LogP contribution >= 0.6 is 0 Å². The average molecular weight is 273 g/mol. The molecule has 0 aliphatic carbocycles. The van der Waals surface area contributed by atoms with E-state index in [9.17, 15) is 4.39 Å². The van der Waals surface area contributed by atoms with Crippen molar-refractivity contribution in [3.8, 4) is 23.0 Å². The maximum absolute atomic E-state index is 13.4. The van der Waals surface area contributed by atoms with Gasteiger partial charge in [0.25, 0.3) is 0 Å². The molecule has 3 aromatic rings. The molecule has 1 N–H and O–H groups in total. The summed E-state index contributed by atoms with van der Waals surface area (Å²) < 4.78 is 23.4. The third-order valence-corrected chi connectivity index (χ3v) is 2.95. The SMILES string of the molecule is COc1ccc2[nH]c(-c3ccc(F)c(OC)c3)nc2n1. The highest BCUT2D eigenvalue weighted by Crippen LogP contribution is 2.26. The largest absolute Gasteiger partial charge is 0.494 e. The van der Waals surface area contributed by atoms with Gasteiger partial charge in [-0.15, -0.1) is 0 Å². The molecule has 0 unspecified atom stereocenters. The average Bonchev–Trinajstić information content (AvgIpc) is 2.90. The summed E-state index contributed by atoms with van der Waals surface area (Å²) in [5.41, 5.74) is 2.05. The fraction of sp³-hybridized carbons (Fsp3) is 0.143. The number of H-pyrrole nitrogens is 1. The number of ether oxygens (including phenoxy) is 2. The van der Waals surface area contributed by atoms with Crippen LogP contribution in [0.1, 0.15) is 0 Å². The van der Waals surface area contributed by atoms with Crippen LogP contribution in [0.3, 0.4) is 0 Å². The van der Waals surface area contributed by atoms with Crippen LogP contribution in [-0.2, 0) is 0 Å². The second-order valence-corrected chi connectivity index (χ2v) is 4.16. The van der Waals surface area contributed by atoms with E-state index in [1.54, 1.807) is 25.3 Å². The molecule has 3 rings (SSSR count). The van der Waals surface area contributed by atoms with Crippen LogP contribution in [0.2, 0.25) is 0 Å². The van der Waals surface area contributed by atoms with Gasteiger partial charge in [0.05, 0.1) is 19.7 Å². The van der Waals surface area contributed by atoms with Crippen LogP contribution in [0.5, 0.6) is 11.6 Å². The van der Waals surface area contributed by atoms with E-state index in [0.717, 1.165) is 11.1 Å². The lowest BCUT2D eigenvalue weighted by atomic mass is 10.2. The van der Waals surface area contributed by atoms with Crippen LogP contribution in [0.15, 0.2) is 30.3 Å². The van der Waals surface area contributed by atoms with Crippen molar-refractivity contribution >= 4 is 11.2 Å². The van der Waals surface area contributed by atoms with Crippen molar-refractivity contribution in [3.05, 3.63) is 36.1 Å². The van der Waals surface area contributed by atoms with Crippen LogP contribution in [-0.4, -0.2) is 29.2 Å². The maximum atomic E-state index is 13.4. The van der Waals surface area contributed by atoms with Gasteiger partial charge in [0, 0.05) is 11.6 Å². The lowest BCUT2D eigenvalue weighted by Gasteiger charge is -2.03. The number of hydrogen-bond acceptors (Lipinski definition) is 4. The predicted octanol–water partition coefficient (Wildman–Crippen LogP) is 2.78. The van der Waals surface area contributed by atoms with E-state index in [-0.39, 0.29) is 5.75 Å². The molecule has 0 aliphatic rings. The summed E-state index contributed by atoms with van der Waals surface area (Å²) in [6, 6.07) is 8.14. The van der Waals surface area contributed by atoms with Gasteiger partial charge in [0.2, 0.25) is 5.88 Å². The molecule has 20 heavy (non-hydrogen) atoms. The number of nitrogens with one attached hydrogen (secondary N) is 1. The Kier molecular flexibility index (Phi) is 2.98. The number of aromatic amines is 1. The molecule has 0 saturated heterocycles. The van der Waals surface area contributed by atoms with Gasteiger partial charge in [-0.2, -0.15) is 4.98 Å². The Morgan fingerprint density at radius 3 is 2.65 bits per heavy atom. The van der Waals surface area contributed by atoms with Crippen molar-refractivity contribution in [1.29, 1.82) is 0 Å². The quantitative estimate of drug-likeness (QED) is 0.797. The minimum atomic E-state index is -0.410. The van der Waals surface area contributed by atoms with E-state index < -0.39 is 5.82 Å². The highest BCUT2D eigenvalue weighted by atomic mass is 19.1. The Bertz CT molecular complexity index is 770. The standard InChI is InChI=1S/C14H12FN3O2/c1-19-11-7-8(3-4-9(11)15)13-16-10-5-6-12(20-2)17-14(10)18-13/h3-7H,1-2H3,(H,16,17,18). The molecule has 5 nitrogen and oxygen atoms in total. The summed E-state index contributed by atoms with van der Waals surface area (Å²) in [4.78, 5) is 11.7. The van der Waals surface area contributed by atoms with Crippen molar-refractivity contribution < 1.29 is 13.9 Å². The van der Waals surface area contributed by atoms with Crippen molar-refractivity contribution in [2.45, 2.75) is 0 Å². The maximum Gasteiger partial charge on any atom is 0.215 e. The number of hydrogen-bond donors (Lipinski definition) is 1. The third-order valence-electron chi connectivity index (χ3n) is 2.95. The molecule has 0 bridgehead atoms. The van der Waals surface area contributed by atoms with E-state index in [4.69, 9.17) is 9.47 Å². The number of imidazole rings is 1. The molecule has 0 aliphatic heterocycles. The fourth-order valence-electron chi connectivity index (χ4n) is 1.93. The summed E-state index contributed by atoms with van der Waals surface area (Å²) >= 11 is 0. The first kappa shape index (κ1) is 12.4. The molecule has 0 amide bonds. The van der Waals surface area contributed by atoms with E-state index in [0.29, 0.717) is 17.4 Å². The molecule has 2 heterocycles. The van der Waals surface area contributed by atoms with Gasteiger partial charge >= 0.3 is 0 Å². The van der Waals surface area contributed by atoms with E-state index >= 15 is 0 Å². The molecule has 1 aromatic carbocycles. The molecular formula is C14H12FN3O2. The molecule has 0 saturated carbocycles. The van der Waals surface area contributed by atoms with Crippen molar-refractivity contribution in [2.24, 2.45) is 0 Å². The van der Waals surface area contributed by atoms with Crippen LogP contribution in [0, 0.1) is 5.82 Å².